The molecule has 1 aromatic rings. The maximum atomic E-state index is 8.60. The van der Waals surface area contributed by atoms with Crippen molar-refractivity contribution in [3.63, 3.8) is 0 Å². The molecule has 0 atom stereocenters. The zero-order chi connectivity index (χ0) is 10.2. The number of nitriles is 1. The van der Waals surface area contributed by atoms with Crippen molar-refractivity contribution in [1.29, 1.82) is 5.26 Å². The van der Waals surface area contributed by atoms with Gasteiger partial charge in [-0.05, 0) is 23.7 Å². The second-order valence-electron chi connectivity index (χ2n) is 2.44. The Kier molecular flexibility index (Phi) is 3.86. The quantitative estimate of drug-likeness (QED) is 0.314. The molecule has 1 rings (SSSR count). The number of azide groups is 1. The summed E-state index contributed by atoms with van der Waals surface area (Å²) in [5.74, 6) is 0.609. The zero-order valence-corrected chi connectivity index (χ0v) is 7.42. The molecule has 0 saturated heterocycles. The summed E-state index contributed by atoms with van der Waals surface area (Å²) in [6, 6.07) is 8.82. The molecule has 0 bridgehead atoms. The highest BCUT2D eigenvalue weighted by Crippen LogP contribution is 2.11. The molecule has 5 nitrogen and oxygen atoms in total. The summed E-state index contributed by atoms with van der Waals surface area (Å²) in [6.45, 7) is 0.603. The Bertz CT molecular complexity index is 390. The maximum Gasteiger partial charge on any atom is 0.120 e. The number of hydrogen-bond donors (Lipinski definition) is 0. The van der Waals surface area contributed by atoms with E-state index in [0.717, 1.165) is 0 Å². The molecular formula is C9H8N4O. The largest absolute Gasteiger partial charge is 0.493 e. The summed E-state index contributed by atoms with van der Waals surface area (Å²) in [6.07, 6.45) is 0. The van der Waals surface area contributed by atoms with Gasteiger partial charge in [0.2, 0.25) is 0 Å². The van der Waals surface area contributed by atoms with Crippen LogP contribution in [0.3, 0.4) is 0 Å². The highest BCUT2D eigenvalue weighted by Gasteiger charge is 1.94. The third-order valence-electron chi connectivity index (χ3n) is 1.49. The topological polar surface area (TPSA) is 81.8 Å². The molecule has 0 unspecified atom stereocenters. The van der Waals surface area contributed by atoms with Gasteiger partial charge in [-0.3, -0.25) is 0 Å². The average Bonchev–Trinajstić information content (AvgIpc) is 2.25. The van der Waals surface area contributed by atoms with Crippen LogP contribution >= 0.6 is 0 Å². The monoisotopic (exact) mass is 188 g/mol. The summed E-state index contributed by atoms with van der Waals surface area (Å²) in [5.41, 5.74) is 8.55. The number of ether oxygens (including phenoxy) is 1. The van der Waals surface area contributed by atoms with Gasteiger partial charge >= 0.3 is 0 Å². The van der Waals surface area contributed by atoms with Gasteiger partial charge in [-0.15, -0.1) is 0 Å². The van der Waals surface area contributed by atoms with Crippen LogP contribution in [0, 0.1) is 11.3 Å². The van der Waals surface area contributed by atoms with Gasteiger partial charge in [0.15, 0.2) is 0 Å². The second-order valence-corrected chi connectivity index (χ2v) is 2.44. The summed E-state index contributed by atoms with van der Waals surface area (Å²) in [4.78, 5) is 2.59. The Balaban J connectivity index is 2.51. The molecular weight excluding hydrogens is 180 g/mol. The van der Waals surface area contributed by atoms with Crippen molar-refractivity contribution in [2.75, 3.05) is 13.2 Å². The first-order chi connectivity index (χ1) is 6.86. The molecule has 0 aromatic heterocycles. The van der Waals surface area contributed by atoms with E-state index >= 15 is 0 Å². The molecule has 0 heterocycles. The fraction of sp³-hybridized carbons (Fsp3) is 0.222. The van der Waals surface area contributed by atoms with Crippen molar-refractivity contribution in [2.45, 2.75) is 0 Å². The summed E-state index contributed by atoms with van der Waals surface area (Å²) >= 11 is 0. The zero-order valence-electron chi connectivity index (χ0n) is 7.42. The van der Waals surface area contributed by atoms with Gasteiger partial charge < -0.3 is 4.74 Å². The molecule has 0 spiro atoms. The van der Waals surface area contributed by atoms with Crippen LogP contribution in [0.5, 0.6) is 5.75 Å². The summed E-state index contributed by atoms with van der Waals surface area (Å²) in [5, 5.41) is 11.9. The fourth-order valence-electron chi connectivity index (χ4n) is 0.904. The van der Waals surface area contributed by atoms with E-state index in [-0.39, 0.29) is 6.54 Å². The molecule has 0 amide bonds. The first kappa shape index (κ1) is 9.90. The average molecular weight is 188 g/mol. The highest BCUT2D eigenvalue weighted by atomic mass is 16.5. The molecule has 70 valence electrons. The second kappa shape index (κ2) is 5.46. The van der Waals surface area contributed by atoms with Crippen molar-refractivity contribution in [2.24, 2.45) is 5.11 Å². The molecule has 0 aliphatic heterocycles. The standard InChI is InChI=1S/C9H8N4O/c10-7-8-2-1-3-9(6-8)14-5-4-12-13-11/h1-3,6H,4-5H2. The fourth-order valence-corrected chi connectivity index (χ4v) is 0.904. The summed E-state index contributed by atoms with van der Waals surface area (Å²) in [7, 11) is 0. The van der Waals surface area contributed by atoms with Crippen molar-refractivity contribution in [3.05, 3.63) is 40.3 Å². The van der Waals surface area contributed by atoms with Gasteiger partial charge in [0.1, 0.15) is 5.75 Å². The summed E-state index contributed by atoms with van der Waals surface area (Å²) < 4.78 is 5.23. The third-order valence-corrected chi connectivity index (χ3v) is 1.49. The molecule has 1 aromatic carbocycles. The van der Waals surface area contributed by atoms with E-state index in [0.29, 0.717) is 17.9 Å². The Labute approximate surface area is 81.2 Å². The molecule has 0 fully saturated rings. The lowest BCUT2D eigenvalue weighted by Gasteiger charge is -2.03. The number of benzene rings is 1. The van der Waals surface area contributed by atoms with E-state index in [4.69, 9.17) is 15.5 Å². The smallest absolute Gasteiger partial charge is 0.120 e. The normalized spacial score (nSPS) is 8.50. The lowest BCUT2D eigenvalue weighted by molar-refractivity contribution is 0.328. The van der Waals surface area contributed by atoms with Gasteiger partial charge in [-0.2, -0.15) is 5.26 Å². The van der Waals surface area contributed by atoms with Crippen molar-refractivity contribution < 1.29 is 4.74 Å². The lowest BCUT2D eigenvalue weighted by Crippen LogP contribution is -2.00. The van der Waals surface area contributed by atoms with E-state index in [9.17, 15) is 0 Å². The van der Waals surface area contributed by atoms with Crippen LogP contribution in [0.2, 0.25) is 0 Å². The van der Waals surface area contributed by atoms with E-state index in [1.807, 2.05) is 6.07 Å². The van der Waals surface area contributed by atoms with Crippen LogP contribution < -0.4 is 4.74 Å². The Morgan fingerprint density at radius 3 is 3.14 bits per heavy atom. The van der Waals surface area contributed by atoms with Gasteiger partial charge in [0.05, 0.1) is 24.8 Å². The van der Waals surface area contributed by atoms with E-state index in [1.165, 1.54) is 0 Å². The first-order valence-electron chi connectivity index (χ1n) is 4.00. The van der Waals surface area contributed by atoms with Crippen LogP contribution in [0.15, 0.2) is 29.4 Å². The SMILES string of the molecule is N#Cc1cccc(OCCN=[N+]=[N-])c1. The van der Waals surface area contributed by atoms with E-state index in [2.05, 4.69) is 10.0 Å². The van der Waals surface area contributed by atoms with Gasteiger partial charge in [0, 0.05) is 4.91 Å². The predicted octanol–water partition coefficient (Wildman–Crippen LogP) is 2.25. The molecule has 5 heteroatoms. The van der Waals surface area contributed by atoms with Gasteiger partial charge in [0.25, 0.3) is 0 Å². The van der Waals surface area contributed by atoms with E-state index in [1.54, 1.807) is 24.3 Å². The molecule has 0 radical (unpaired) electrons. The van der Waals surface area contributed by atoms with Crippen LogP contribution in [0.25, 0.3) is 10.4 Å². The lowest BCUT2D eigenvalue weighted by atomic mass is 10.2. The van der Waals surface area contributed by atoms with Crippen molar-refractivity contribution >= 4 is 0 Å². The molecule has 14 heavy (non-hydrogen) atoms. The number of nitrogens with zero attached hydrogens (tertiary/aromatic N) is 4. The molecule has 0 aliphatic rings. The van der Waals surface area contributed by atoms with Crippen LogP contribution in [0.4, 0.5) is 0 Å². The number of hydrogen-bond acceptors (Lipinski definition) is 3. The Morgan fingerprint density at radius 1 is 1.57 bits per heavy atom. The minimum absolute atomic E-state index is 0.285. The van der Waals surface area contributed by atoms with Crippen LogP contribution in [-0.2, 0) is 0 Å². The Hall–Kier alpha value is -2.18. The van der Waals surface area contributed by atoms with Gasteiger partial charge in [-0.25, -0.2) is 0 Å². The predicted molar refractivity (Wildman–Crippen MR) is 50.7 cm³/mol. The van der Waals surface area contributed by atoms with Gasteiger partial charge in [-0.1, -0.05) is 11.2 Å². The number of rotatable bonds is 4. The maximum absolute atomic E-state index is 8.60. The minimum atomic E-state index is 0.285. The van der Waals surface area contributed by atoms with E-state index < -0.39 is 0 Å². The minimum Gasteiger partial charge on any atom is -0.493 e. The molecule has 0 aliphatic carbocycles. The highest BCUT2D eigenvalue weighted by molar-refractivity contribution is 5.36. The Morgan fingerprint density at radius 2 is 2.43 bits per heavy atom. The molecule has 0 saturated carbocycles. The van der Waals surface area contributed by atoms with Crippen LogP contribution in [0.1, 0.15) is 5.56 Å². The molecule has 0 N–H and O–H groups in total. The first-order valence-corrected chi connectivity index (χ1v) is 4.00. The van der Waals surface area contributed by atoms with Crippen LogP contribution in [-0.4, -0.2) is 13.2 Å². The third kappa shape index (κ3) is 3.05. The van der Waals surface area contributed by atoms with Crippen molar-refractivity contribution in [1.82, 2.24) is 0 Å². The van der Waals surface area contributed by atoms with Crippen molar-refractivity contribution in [3.8, 4) is 11.8 Å².